The lowest BCUT2D eigenvalue weighted by Crippen LogP contribution is -2.43. The summed E-state index contributed by atoms with van der Waals surface area (Å²) in [6.45, 7) is 5.10. The molecule has 0 radical (unpaired) electrons. The molecule has 3 rings (SSSR count). The van der Waals surface area contributed by atoms with Crippen LogP contribution in [0.5, 0.6) is 0 Å². The minimum atomic E-state index is -3.86. The summed E-state index contributed by atoms with van der Waals surface area (Å²) in [5, 5.41) is 6.99. The van der Waals surface area contributed by atoms with Gasteiger partial charge in [-0.2, -0.15) is 9.40 Å². The molecule has 1 aliphatic rings. The molecule has 8 heteroatoms. The highest BCUT2D eigenvalue weighted by Gasteiger charge is 2.38. The molecule has 1 unspecified atom stereocenters. The van der Waals surface area contributed by atoms with E-state index < -0.39 is 16.1 Å². The number of fused-ring (bicyclic) bond motifs is 1. The third-order valence-corrected chi connectivity index (χ3v) is 6.59. The number of sulfonamides is 1. The number of aromatic nitrogens is 2. The van der Waals surface area contributed by atoms with Crippen molar-refractivity contribution in [3.8, 4) is 0 Å². The number of nitrogens with one attached hydrogen (secondary N) is 1. The molecule has 1 atom stereocenters. The van der Waals surface area contributed by atoms with Crippen LogP contribution in [0.2, 0.25) is 0 Å². The van der Waals surface area contributed by atoms with E-state index in [1.165, 1.54) is 4.31 Å². The molecule has 0 spiro atoms. The average Bonchev–Trinajstić information content (AvgIpc) is 2.70. The fourth-order valence-electron chi connectivity index (χ4n) is 2.99. The van der Waals surface area contributed by atoms with Gasteiger partial charge in [0, 0.05) is 19.3 Å². The van der Waals surface area contributed by atoms with Crippen LogP contribution in [0.4, 0.5) is 5.69 Å². The number of aryl methyl sites for hydroxylation is 2. The maximum Gasteiger partial charge on any atom is 0.247 e. The second kappa shape index (κ2) is 5.71. The summed E-state index contributed by atoms with van der Waals surface area (Å²) >= 11 is 0. The highest BCUT2D eigenvalue weighted by atomic mass is 32.2. The normalized spacial score (nSPS) is 18.8. The first-order chi connectivity index (χ1) is 11.2. The number of amides is 1. The van der Waals surface area contributed by atoms with E-state index in [4.69, 9.17) is 0 Å². The van der Waals surface area contributed by atoms with E-state index in [1.807, 2.05) is 18.2 Å². The fourth-order valence-corrected chi connectivity index (χ4v) is 4.97. The molecule has 128 valence electrons. The number of rotatable bonds is 2. The highest BCUT2D eigenvalue weighted by molar-refractivity contribution is 7.89. The largest absolute Gasteiger partial charge is 0.324 e. The summed E-state index contributed by atoms with van der Waals surface area (Å²) < 4.78 is 29.3. The van der Waals surface area contributed by atoms with Crippen LogP contribution in [0.1, 0.15) is 23.9 Å². The molecule has 2 heterocycles. The summed E-state index contributed by atoms with van der Waals surface area (Å²) in [4.78, 5) is 12.6. The predicted octanol–water partition coefficient (Wildman–Crippen LogP) is 1.57. The SMILES string of the molecule is Cc1nn(C)c(C)c1S(=O)(=O)N1Cc2ccccc2NC(=O)C1C. The third kappa shape index (κ3) is 2.51. The quantitative estimate of drug-likeness (QED) is 0.893. The molecule has 0 bridgehead atoms. The maximum absolute atomic E-state index is 13.3. The van der Waals surface area contributed by atoms with Crippen molar-refractivity contribution in [2.24, 2.45) is 7.05 Å². The number of benzene rings is 1. The zero-order valence-corrected chi connectivity index (χ0v) is 14.9. The van der Waals surface area contributed by atoms with Crippen molar-refractivity contribution in [1.82, 2.24) is 14.1 Å². The number of carbonyl (C=O) groups excluding carboxylic acids is 1. The topological polar surface area (TPSA) is 84.3 Å². The van der Waals surface area contributed by atoms with E-state index >= 15 is 0 Å². The molecular weight excluding hydrogens is 328 g/mol. The molecule has 1 amide bonds. The van der Waals surface area contributed by atoms with E-state index in [-0.39, 0.29) is 17.3 Å². The van der Waals surface area contributed by atoms with Gasteiger partial charge in [-0.15, -0.1) is 0 Å². The second-order valence-electron chi connectivity index (χ2n) is 6.00. The summed E-state index contributed by atoms with van der Waals surface area (Å²) in [5.41, 5.74) is 2.39. The fraction of sp³-hybridized carbons (Fsp3) is 0.375. The molecule has 24 heavy (non-hydrogen) atoms. The van der Waals surface area contributed by atoms with Crippen LogP contribution in [0.3, 0.4) is 0 Å². The van der Waals surface area contributed by atoms with Gasteiger partial charge in [-0.25, -0.2) is 8.42 Å². The summed E-state index contributed by atoms with van der Waals surface area (Å²) in [5.74, 6) is -0.345. The number of para-hydroxylation sites is 1. The minimum absolute atomic E-state index is 0.131. The molecule has 0 saturated carbocycles. The van der Waals surface area contributed by atoms with Gasteiger partial charge in [-0.05, 0) is 32.4 Å². The maximum atomic E-state index is 13.3. The first kappa shape index (κ1) is 16.7. The Kier molecular flexibility index (Phi) is 3.97. The van der Waals surface area contributed by atoms with Crippen molar-refractivity contribution in [3.63, 3.8) is 0 Å². The van der Waals surface area contributed by atoms with Crippen LogP contribution in [-0.2, 0) is 28.4 Å². The average molecular weight is 348 g/mol. The van der Waals surface area contributed by atoms with Crippen LogP contribution in [0.25, 0.3) is 0 Å². The lowest BCUT2D eigenvalue weighted by molar-refractivity contribution is -0.119. The van der Waals surface area contributed by atoms with E-state index in [2.05, 4.69) is 10.4 Å². The van der Waals surface area contributed by atoms with E-state index in [9.17, 15) is 13.2 Å². The molecule has 1 aromatic carbocycles. The third-order valence-electron chi connectivity index (χ3n) is 4.42. The van der Waals surface area contributed by atoms with E-state index in [1.54, 1.807) is 38.6 Å². The zero-order valence-electron chi connectivity index (χ0n) is 14.1. The van der Waals surface area contributed by atoms with Crippen LogP contribution < -0.4 is 5.32 Å². The predicted molar refractivity (Wildman–Crippen MR) is 89.9 cm³/mol. The summed E-state index contributed by atoms with van der Waals surface area (Å²) in [6, 6.07) is 6.41. The molecule has 1 aromatic heterocycles. The van der Waals surface area contributed by atoms with Crippen molar-refractivity contribution in [2.45, 2.75) is 38.3 Å². The number of nitrogens with zero attached hydrogens (tertiary/aromatic N) is 3. The van der Waals surface area contributed by atoms with Crippen LogP contribution in [0, 0.1) is 13.8 Å². The number of carbonyl (C=O) groups is 1. The second-order valence-corrected chi connectivity index (χ2v) is 7.82. The smallest absolute Gasteiger partial charge is 0.247 e. The first-order valence-corrected chi connectivity index (χ1v) is 9.08. The van der Waals surface area contributed by atoms with Crippen molar-refractivity contribution >= 4 is 21.6 Å². The lowest BCUT2D eigenvalue weighted by Gasteiger charge is -2.25. The Hall–Kier alpha value is -2.19. The van der Waals surface area contributed by atoms with Gasteiger partial charge in [0.25, 0.3) is 0 Å². The van der Waals surface area contributed by atoms with Gasteiger partial charge in [0.05, 0.1) is 11.4 Å². The summed E-state index contributed by atoms with van der Waals surface area (Å²) in [7, 11) is -2.16. The Balaban J connectivity index is 2.14. The number of hydrogen-bond donors (Lipinski definition) is 1. The molecule has 0 saturated heterocycles. The molecule has 7 nitrogen and oxygen atoms in total. The van der Waals surface area contributed by atoms with Crippen molar-refractivity contribution in [3.05, 3.63) is 41.2 Å². The zero-order chi connectivity index (χ0) is 17.6. The summed E-state index contributed by atoms with van der Waals surface area (Å²) in [6.07, 6.45) is 0. The van der Waals surface area contributed by atoms with Crippen molar-refractivity contribution in [2.75, 3.05) is 5.32 Å². The van der Waals surface area contributed by atoms with E-state index in [0.29, 0.717) is 17.1 Å². The Labute approximate surface area is 141 Å². The van der Waals surface area contributed by atoms with Gasteiger partial charge in [0.15, 0.2) is 0 Å². The van der Waals surface area contributed by atoms with Gasteiger partial charge in [0.2, 0.25) is 15.9 Å². The molecule has 1 N–H and O–H groups in total. The Morgan fingerprint density at radius 1 is 1.25 bits per heavy atom. The van der Waals surface area contributed by atoms with Crippen LogP contribution in [-0.4, -0.2) is 34.5 Å². The number of anilines is 1. The lowest BCUT2D eigenvalue weighted by atomic mass is 10.2. The van der Waals surface area contributed by atoms with E-state index in [0.717, 1.165) is 5.56 Å². The number of hydrogen-bond acceptors (Lipinski definition) is 4. The van der Waals surface area contributed by atoms with Crippen LogP contribution >= 0.6 is 0 Å². The Morgan fingerprint density at radius 2 is 1.92 bits per heavy atom. The van der Waals surface area contributed by atoms with Crippen molar-refractivity contribution < 1.29 is 13.2 Å². The Bertz CT molecular complexity index is 917. The molecule has 0 aliphatic carbocycles. The monoisotopic (exact) mass is 348 g/mol. The van der Waals surface area contributed by atoms with Gasteiger partial charge >= 0.3 is 0 Å². The molecular formula is C16H20N4O3S. The first-order valence-electron chi connectivity index (χ1n) is 7.64. The standard InChI is InChI=1S/C16H20N4O3S/c1-10-15(11(2)19(4)18-10)24(22,23)20-9-13-7-5-6-8-14(13)17-16(21)12(20)3/h5-8,12H,9H2,1-4H3,(H,17,21). The molecule has 0 fully saturated rings. The van der Waals surface area contributed by atoms with Gasteiger partial charge in [0.1, 0.15) is 10.9 Å². The Morgan fingerprint density at radius 3 is 2.54 bits per heavy atom. The van der Waals surface area contributed by atoms with Crippen LogP contribution in [0.15, 0.2) is 29.2 Å². The van der Waals surface area contributed by atoms with Gasteiger partial charge in [-0.1, -0.05) is 18.2 Å². The van der Waals surface area contributed by atoms with Gasteiger partial charge in [-0.3, -0.25) is 9.48 Å². The van der Waals surface area contributed by atoms with Crippen molar-refractivity contribution in [1.29, 1.82) is 0 Å². The molecule has 2 aromatic rings. The van der Waals surface area contributed by atoms with Gasteiger partial charge < -0.3 is 5.32 Å². The molecule has 1 aliphatic heterocycles. The minimum Gasteiger partial charge on any atom is -0.324 e. The highest BCUT2D eigenvalue weighted by Crippen LogP contribution is 2.30.